The van der Waals surface area contributed by atoms with E-state index >= 15 is 4.39 Å². The molecule has 3 N–H and O–H groups in total. The van der Waals surface area contributed by atoms with Crippen molar-refractivity contribution in [2.45, 2.75) is 45.6 Å². The number of hydrogen-bond acceptors (Lipinski definition) is 5. The minimum atomic E-state index is -0.386. The molecule has 1 aliphatic rings. The maximum absolute atomic E-state index is 15.7. The van der Waals surface area contributed by atoms with Gasteiger partial charge in [0.2, 0.25) is 5.95 Å². The van der Waals surface area contributed by atoms with Gasteiger partial charge in [0.05, 0.1) is 17.1 Å². The van der Waals surface area contributed by atoms with Gasteiger partial charge in [0.15, 0.2) is 0 Å². The number of carbonyl (C=O) groups excluding carboxylic acids is 1. The number of aromatic nitrogens is 4. The number of imidazole rings is 1. The minimum Gasteiger partial charge on any atom is -0.373 e. The Balaban J connectivity index is 1.82. The number of halogens is 1. The normalized spacial score (nSPS) is 16.4. The lowest BCUT2D eigenvalue weighted by molar-refractivity contribution is 0.110. The van der Waals surface area contributed by atoms with Crippen LogP contribution in [0, 0.1) is 5.82 Å². The van der Waals surface area contributed by atoms with E-state index in [1.165, 1.54) is 0 Å². The second-order valence-electron chi connectivity index (χ2n) is 7.60. The van der Waals surface area contributed by atoms with E-state index in [1.54, 1.807) is 18.5 Å². The minimum absolute atomic E-state index is 0.183. The Morgan fingerprint density at radius 3 is 2.77 bits per heavy atom. The summed E-state index contributed by atoms with van der Waals surface area (Å²) in [4.78, 5) is 28.1. The zero-order chi connectivity index (χ0) is 21.3. The van der Waals surface area contributed by atoms with Gasteiger partial charge in [-0.2, -0.15) is 0 Å². The summed E-state index contributed by atoms with van der Waals surface area (Å²) in [5, 5.41) is 5.29. The summed E-state index contributed by atoms with van der Waals surface area (Å²) in [5.41, 5.74) is 2.41. The first kappa shape index (κ1) is 20.2. The second-order valence-corrected chi connectivity index (χ2v) is 7.60. The van der Waals surface area contributed by atoms with Crippen molar-refractivity contribution in [3.63, 3.8) is 0 Å². The Morgan fingerprint density at radius 1 is 1.37 bits per heavy atom. The Kier molecular flexibility index (Phi) is 5.63. The molecule has 1 aromatic carbocycles. The van der Waals surface area contributed by atoms with Crippen molar-refractivity contribution in [3.05, 3.63) is 35.7 Å². The molecule has 0 saturated carbocycles. The van der Waals surface area contributed by atoms with Crippen LogP contribution in [-0.2, 0) is 4.74 Å². The van der Waals surface area contributed by atoms with Crippen LogP contribution in [0.2, 0.25) is 0 Å². The van der Waals surface area contributed by atoms with Gasteiger partial charge in [-0.1, -0.05) is 13.8 Å². The molecule has 9 heteroatoms. The Bertz CT molecular complexity index is 1060. The number of urea groups is 1. The summed E-state index contributed by atoms with van der Waals surface area (Å²) in [6, 6.07) is 1.27. The van der Waals surface area contributed by atoms with Crippen LogP contribution in [0.3, 0.4) is 0 Å². The SMILES string of the molecule is CCNC(=O)Nc1nc2cc(-c3cnc(C(C)C)nc3)c(F)c(C3CCCO3)c2[nH]1. The molecule has 1 atom stereocenters. The largest absolute Gasteiger partial charge is 0.373 e. The Morgan fingerprint density at radius 2 is 2.13 bits per heavy atom. The maximum Gasteiger partial charge on any atom is 0.321 e. The molecule has 30 heavy (non-hydrogen) atoms. The summed E-state index contributed by atoms with van der Waals surface area (Å²) in [6.07, 6.45) is 4.47. The van der Waals surface area contributed by atoms with E-state index < -0.39 is 0 Å². The van der Waals surface area contributed by atoms with Crippen LogP contribution < -0.4 is 10.6 Å². The maximum atomic E-state index is 15.7. The number of fused-ring (bicyclic) bond motifs is 1. The predicted octanol–water partition coefficient (Wildman–Crippen LogP) is 4.28. The van der Waals surface area contributed by atoms with Crippen molar-refractivity contribution < 1.29 is 13.9 Å². The number of ether oxygens (including phenoxy) is 1. The molecule has 1 unspecified atom stereocenters. The second kappa shape index (κ2) is 8.35. The van der Waals surface area contributed by atoms with E-state index in [9.17, 15) is 4.79 Å². The van der Waals surface area contributed by atoms with E-state index in [2.05, 4.69) is 30.6 Å². The lowest BCUT2D eigenvalue weighted by Gasteiger charge is -2.15. The van der Waals surface area contributed by atoms with Crippen molar-refractivity contribution in [2.75, 3.05) is 18.5 Å². The average molecular weight is 412 g/mol. The fourth-order valence-electron chi connectivity index (χ4n) is 3.62. The zero-order valence-electron chi connectivity index (χ0n) is 17.3. The molecule has 0 radical (unpaired) electrons. The predicted molar refractivity (Wildman–Crippen MR) is 112 cm³/mol. The van der Waals surface area contributed by atoms with Gasteiger partial charge in [0, 0.05) is 48.2 Å². The van der Waals surface area contributed by atoms with Gasteiger partial charge < -0.3 is 15.0 Å². The fraction of sp³-hybridized carbons (Fsp3) is 0.429. The monoisotopic (exact) mass is 412 g/mol. The van der Waals surface area contributed by atoms with Crippen LogP contribution in [-0.4, -0.2) is 39.1 Å². The summed E-state index contributed by atoms with van der Waals surface area (Å²) in [7, 11) is 0. The van der Waals surface area contributed by atoms with Gasteiger partial charge in [-0.25, -0.2) is 24.1 Å². The van der Waals surface area contributed by atoms with E-state index in [4.69, 9.17) is 4.74 Å². The smallest absolute Gasteiger partial charge is 0.321 e. The highest BCUT2D eigenvalue weighted by atomic mass is 19.1. The summed E-state index contributed by atoms with van der Waals surface area (Å²) in [5.74, 6) is 0.748. The zero-order valence-corrected chi connectivity index (χ0v) is 17.3. The van der Waals surface area contributed by atoms with Crippen molar-refractivity contribution >= 4 is 23.0 Å². The van der Waals surface area contributed by atoms with Crippen LogP contribution in [0.4, 0.5) is 15.1 Å². The highest BCUT2D eigenvalue weighted by molar-refractivity contribution is 5.92. The average Bonchev–Trinajstić information content (AvgIpc) is 3.37. The van der Waals surface area contributed by atoms with E-state index in [1.807, 2.05) is 20.8 Å². The topological polar surface area (TPSA) is 105 Å². The molecule has 2 aromatic heterocycles. The van der Waals surface area contributed by atoms with E-state index in [0.717, 1.165) is 12.8 Å². The Labute approximate surface area is 173 Å². The first-order valence-electron chi connectivity index (χ1n) is 10.2. The molecular formula is C21H25FN6O2. The van der Waals surface area contributed by atoms with Gasteiger partial charge in [0.25, 0.3) is 0 Å². The van der Waals surface area contributed by atoms with Crippen LogP contribution >= 0.6 is 0 Å². The molecule has 0 bridgehead atoms. The van der Waals surface area contributed by atoms with Crippen LogP contribution in [0.1, 0.15) is 57.0 Å². The molecule has 158 valence electrons. The number of nitrogens with one attached hydrogen (secondary N) is 3. The van der Waals surface area contributed by atoms with Gasteiger partial charge >= 0.3 is 6.03 Å². The molecule has 3 aromatic rings. The summed E-state index contributed by atoms with van der Waals surface area (Å²) >= 11 is 0. The molecule has 1 saturated heterocycles. The molecule has 0 aliphatic carbocycles. The number of nitrogens with zero attached hydrogens (tertiary/aromatic N) is 3. The lowest BCUT2D eigenvalue weighted by Crippen LogP contribution is -2.28. The number of aromatic amines is 1. The lowest BCUT2D eigenvalue weighted by atomic mass is 9.98. The third-order valence-electron chi connectivity index (χ3n) is 5.08. The highest BCUT2D eigenvalue weighted by Gasteiger charge is 2.28. The summed E-state index contributed by atoms with van der Waals surface area (Å²) in [6.45, 7) is 6.90. The van der Waals surface area contributed by atoms with Gasteiger partial charge in [-0.05, 0) is 25.8 Å². The molecule has 1 fully saturated rings. The quantitative estimate of drug-likeness (QED) is 0.580. The number of benzene rings is 1. The van der Waals surface area contributed by atoms with Crippen LogP contribution in [0.15, 0.2) is 18.5 Å². The fourth-order valence-corrected chi connectivity index (χ4v) is 3.62. The van der Waals surface area contributed by atoms with Crippen molar-refractivity contribution in [1.82, 2.24) is 25.3 Å². The summed E-state index contributed by atoms with van der Waals surface area (Å²) < 4.78 is 21.5. The molecule has 4 rings (SSSR count). The van der Waals surface area contributed by atoms with Crippen molar-refractivity contribution in [3.8, 4) is 11.1 Å². The van der Waals surface area contributed by atoms with Gasteiger partial charge in [0.1, 0.15) is 11.6 Å². The molecular weight excluding hydrogens is 387 g/mol. The van der Waals surface area contributed by atoms with Crippen molar-refractivity contribution in [2.24, 2.45) is 0 Å². The van der Waals surface area contributed by atoms with E-state index in [0.29, 0.717) is 46.7 Å². The molecule has 0 spiro atoms. The van der Waals surface area contributed by atoms with Crippen LogP contribution in [0.25, 0.3) is 22.2 Å². The van der Waals surface area contributed by atoms with Crippen LogP contribution in [0.5, 0.6) is 0 Å². The number of rotatable bonds is 5. The number of carbonyl (C=O) groups is 1. The number of anilines is 1. The van der Waals surface area contributed by atoms with Gasteiger partial charge in [-0.15, -0.1) is 0 Å². The molecule has 2 amide bonds. The molecule has 8 nitrogen and oxygen atoms in total. The number of amides is 2. The first-order chi connectivity index (χ1) is 14.5. The number of H-pyrrole nitrogens is 1. The Hall–Kier alpha value is -3.07. The first-order valence-corrected chi connectivity index (χ1v) is 10.2. The number of hydrogen-bond donors (Lipinski definition) is 3. The van der Waals surface area contributed by atoms with Crippen molar-refractivity contribution in [1.29, 1.82) is 0 Å². The third-order valence-corrected chi connectivity index (χ3v) is 5.08. The van der Waals surface area contributed by atoms with Gasteiger partial charge in [-0.3, -0.25) is 5.32 Å². The van der Waals surface area contributed by atoms with E-state index in [-0.39, 0.29) is 29.8 Å². The third kappa shape index (κ3) is 3.85. The molecule has 1 aliphatic heterocycles. The molecule has 3 heterocycles. The highest BCUT2D eigenvalue weighted by Crippen LogP contribution is 2.39. The standard InChI is InChI=1S/C21H25FN6O2/c1-4-23-21(29)28-20-26-14-8-13(12-9-24-19(11(2)3)25-10-12)17(22)16(18(14)27-20)15-6-5-7-30-15/h8-11,15H,4-7H2,1-3H3,(H3,23,26,27,28,29).